The molecule has 1 saturated carbocycles. The van der Waals surface area contributed by atoms with Gasteiger partial charge in [0, 0.05) is 50.2 Å². The highest BCUT2D eigenvalue weighted by molar-refractivity contribution is 6.32. The molecular formula is C30H41ClN2O4. The first-order valence-corrected chi connectivity index (χ1v) is 14.0. The lowest BCUT2D eigenvalue weighted by Crippen LogP contribution is -2.49. The van der Waals surface area contributed by atoms with Crippen LogP contribution in [-0.2, 0) is 15.1 Å². The van der Waals surface area contributed by atoms with Crippen molar-refractivity contribution < 1.29 is 19.4 Å². The number of halogens is 1. The summed E-state index contributed by atoms with van der Waals surface area (Å²) in [6, 6.07) is 13.5. The highest BCUT2D eigenvalue weighted by Gasteiger charge is 2.44. The third-order valence-electron chi connectivity index (χ3n) is 8.12. The number of ether oxygens (including phenoxy) is 2. The predicted octanol–water partition coefficient (Wildman–Crippen LogP) is 5.81. The Hall–Kier alpha value is -2.12. The standard InChI is InChI=1S/C30H41ClN2O4/c1-21-9-7-12-26(31)28(21)37-27-13-4-3-11-25(27)30(35,16-5-6-18-36-2)23-10-8-17-33(20-23)29(34)22-14-15-24(32)19-22/h3-4,7,9,11-13,22-24,35H,5-6,8,10,14-20,32H2,1-2H3/t22-,23?,24+,30+/m1/s1. The number of para-hydroxylation sites is 2. The smallest absolute Gasteiger partial charge is 0.225 e. The van der Waals surface area contributed by atoms with E-state index in [1.54, 1.807) is 7.11 Å². The van der Waals surface area contributed by atoms with Gasteiger partial charge in [-0.3, -0.25) is 4.79 Å². The Bertz CT molecular complexity index is 1040. The summed E-state index contributed by atoms with van der Waals surface area (Å²) in [7, 11) is 1.70. The van der Waals surface area contributed by atoms with E-state index in [1.807, 2.05) is 54.3 Å². The van der Waals surface area contributed by atoms with Gasteiger partial charge in [-0.15, -0.1) is 0 Å². The topological polar surface area (TPSA) is 85.0 Å². The van der Waals surface area contributed by atoms with Crippen molar-refractivity contribution in [2.24, 2.45) is 17.6 Å². The molecule has 6 nitrogen and oxygen atoms in total. The molecule has 2 fully saturated rings. The number of aryl methyl sites for hydroxylation is 1. The Morgan fingerprint density at radius 2 is 1.97 bits per heavy atom. The average Bonchev–Trinajstić information content (AvgIpc) is 3.35. The zero-order chi connectivity index (χ0) is 26.4. The number of aliphatic hydroxyl groups is 1. The number of carbonyl (C=O) groups is 1. The minimum Gasteiger partial charge on any atom is -0.455 e. The van der Waals surface area contributed by atoms with Crippen molar-refractivity contribution >= 4 is 17.5 Å². The summed E-state index contributed by atoms with van der Waals surface area (Å²) >= 11 is 6.49. The molecule has 3 N–H and O–H groups in total. The summed E-state index contributed by atoms with van der Waals surface area (Å²) in [6.07, 6.45) is 6.43. The van der Waals surface area contributed by atoms with Gasteiger partial charge in [0.05, 0.1) is 10.6 Å². The fraction of sp³-hybridized carbons (Fsp3) is 0.567. The first-order chi connectivity index (χ1) is 17.8. The summed E-state index contributed by atoms with van der Waals surface area (Å²) in [6.45, 7) is 3.87. The Labute approximate surface area is 226 Å². The molecule has 0 bridgehead atoms. The van der Waals surface area contributed by atoms with E-state index in [4.69, 9.17) is 26.8 Å². The molecule has 1 unspecified atom stereocenters. The second-order valence-corrected chi connectivity index (χ2v) is 11.2. The van der Waals surface area contributed by atoms with E-state index in [0.717, 1.165) is 62.6 Å². The quantitative estimate of drug-likeness (QED) is 0.380. The van der Waals surface area contributed by atoms with Gasteiger partial charge in [0.15, 0.2) is 0 Å². The number of rotatable bonds is 10. The van der Waals surface area contributed by atoms with E-state index < -0.39 is 5.60 Å². The number of nitrogens with two attached hydrogens (primary N) is 1. The number of carbonyl (C=O) groups excluding carboxylic acids is 1. The van der Waals surface area contributed by atoms with Gasteiger partial charge in [0.1, 0.15) is 11.5 Å². The first-order valence-electron chi connectivity index (χ1n) is 13.6. The minimum atomic E-state index is -1.16. The Kier molecular flexibility index (Phi) is 9.51. The van der Waals surface area contributed by atoms with Crippen molar-refractivity contribution in [3.8, 4) is 11.5 Å². The van der Waals surface area contributed by atoms with Gasteiger partial charge in [0.2, 0.25) is 5.91 Å². The summed E-state index contributed by atoms with van der Waals surface area (Å²) in [5, 5.41) is 13.0. The first kappa shape index (κ1) is 27.9. The van der Waals surface area contributed by atoms with Crippen LogP contribution in [0.5, 0.6) is 11.5 Å². The summed E-state index contributed by atoms with van der Waals surface area (Å²) < 4.78 is 11.7. The molecule has 1 heterocycles. The van der Waals surface area contributed by atoms with E-state index >= 15 is 0 Å². The van der Waals surface area contributed by atoms with Crippen molar-refractivity contribution in [3.63, 3.8) is 0 Å². The van der Waals surface area contributed by atoms with Gasteiger partial charge in [0.25, 0.3) is 0 Å². The molecule has 4 atom stereocenters. The molecule has 4 rings (SSSR count). The van der Waals surface area contributed by atoms with Crippen LogP contribution in [0.1, 0.15) is 62.5 Å². The van der Waals surface area contributed by atoms with Crippen LogP contribution >= 0.6 is 11.6 Å². The van der Waals surface area contributed by atoms with Crippen molar-refractivity contribution in [1.29, 1.82) is 0 Å². The van der Waals surface area contributed by atoms with Crippen molar-refractivity contribution in [3.05, 3.63) is 58.6 Å². The summed E-state index contributed by atoms with van der Waals surface area (Å²) in [5.41, 5.74) is 6.61. The SMILES string of the molecule is COCCCC[C@@](O)(c1ccccc1Oc1c(C)cccc1Cl)C1CCCN(C(=O)[C@@H]2CC[C@H](N)C2)C1. The highest BCUT2D eigenvalue weighted by Crippen LogP contribution is 2.45. The van der Waals surface area contributed by atoms with E-state index in [9.17, 15) is 9.90 Å². The molecule has 2 aromatic carbocycles. The second kappa shape index (κ2) is 12.6. The van der Waals surface area contributed by atoms with E-state index in [-0.39, 0.29) is 23.8 Å². The number of piperidine rings is 1. The van der Waals surface area contributed by atoms with Crippen LogP contribution in [0.2, 0.25) is 5.02 Å². The number of likely N-dealkylation sites (tertiary alicyclic amines) is 1. The fourth-order valence-electron chi connectivity index (χ4n) is 6.03. The number of unbranched alkanes of at least 4 members (excludes halogenated alkanes) is 1. The molecule has 0 radical (unpaired) electrons. The maximum absolute atomic E-state index is 13.4. The third-order valence-corrected chi connectivity index (χ3v) is 8.41. The number of hydrogen-bond acceptors (Lipinski definition) is 5. The van der Waals surface area contributed by atoms with Crippen LogP contribution in [0.3, 0.4) is 0 Å². The molecular weight excluding hydrogens is 488 g/mol. The molecule has 1 amide bonds. The molecule has 7 heteroatoms. The Morgan fingerprint density at radius 3 is 2.70 bits per heavy atom. The highest BCUT2D eigenvalue weighted by atomic mass is 35.5. The second-order valence-electron chi connectivity index (χ2n) is 10.8. The third kappa shape index (κ3) is 6.48. The maximum Gasteiger partial charge on any atom is 0.225 e. The van der Waals surface area contributed by atoms with Crippen LogP contribution in [-0.4, -0.2) is 48.8 Å². The molecule has 2 aliphatic rings. The van der Waals surface area contributed by atoms with Gasteiger partial charge in [-0.1, -0.05) is 41.9 Å². The van der Waals surface area contributed by atoms with Crippen molar-refractivity contribution in [2.75, 3.05) is 26.8 Å². The normalized spacial score (nSPS) is 23.6. The molecule has 0 aromatic heterocycles. The Balaban J connectivity index is 1.63. The fourth-order valence-corrected chi connectivity index (χ4v) is 6.30. The summed E-state index contributed by atoms with van der Waals surface area (Å²) in [5.74, 6) is 1.27. The lowest BCUT2D eigenvalue weighted by molar-refractivity contribution is -0.141. The molecule has 1 aliphatic heterocycles. The number of amides is 1. The zero-order valence-electron chi connectivity index (χ0n) is 22.1. The average molecular weight is 529 g/mol. The van der Waals surface area contributed by atoms with Crippen LogP contribution in [0.15, 0.2) is 42.5 Å². The Morgan fingerprint density at radius 1 is 1.16 bits per heavy atom. The summed E-state index contributed by atoms with van der Waals surface area (Å²) in [4.78, 5) is 15.3. The van der Waals surface area contributed by atoms with Crippen molar-refractivity contribution in [2.45, 2.75) is 69.9 Å². The largest absolute Gasteiger partial charge is 0.455 e. The van der Waals surface area contributed by atoms with E-state index in [0.29, 0.717) is 36.1 Å². The number of benzene rings is 2. The lowest BCUT2D eigenvalue weighted by atomic mass is 9.73. The van der Waals surface area contributed by atoms with E-state index in [1.165, 1.54) is 0 Å². The van der Waals surface area contributed by atoms with Crippen LogP contribution < -0.4 is 10.5 Å². The lowest BCUT2D eigenvalue weighted by Gasteiger charge is -2.44. The van der Waals surface area contributed by atoms with Gasteiger partial charge >= 0.3 is 0 Å². The number of methoxy groups -OCH3 is 1. The van der Waals surface area contributed by atoms with E-state index in [2.05, 4.69) is 0 Å². The molecule has 1 aliphatic carbocycles. The number of nitrogens with zero attached hydrogens (tertiary/aromatic N) is 1. The van der Waals surface area contributed by atoms with Gasteiger partial charge in [-0.25, -0.2) is 0 Å². The molecule has 1 saturated heterocycles. The van der Waals surface area contributed by atoms with Gasteiger partial charge in [-0.2, -0.15) is 0 Å². The number of hydrogen-bond donors (Lipinski definition) is 2. The van der Waals surface area contributed by atoms with Crippen LogP contribution in [0.25, 0.3) is 0 Å². The van der Waals surface area contributed by atoms with Gasteiger partial charge in [-0.05, 0) is 76.0 Å². The zero-order valence-corrected chi connectivity index (χ0v) is 22.9. The molecule has 202 valence electrons. The monoisotopic (exact) mass is 528 g/mol. The minimum absolute atomic E-state index is 0.00219. The molecule has 37 heavy (non-hydrogen) atoms. The van der Waals surface area contributed by atoms with Crippen molar-refractivity contribution in [1.82, 2.24) is 4.90 Å². The van der Waals surface area contributed by atoms with Gasteiger partial charge < -0.3 is 25.2 Å². The van der Waals surface area contributed by atoms with Crippen LogP contribution in [0.4, 0.5) is 0 Å². The maximum atomic E-state index is 13.4. The predicted molar refractivity (Wildman–Crippen MR) is 147 cm³/mol. The molecule has 2 aromatic rings. The van der Waals surface area contributed by atoms with Crippen LogP contribution in [0, 0.1) is 18.8 Å². The molecule has 0 spiro atoms.